The van der Waals surface area contributed by atoms with Gasteiger partial charge in [-0.2, -0.15) is 10.2 Å². The van der Waals surface area contributed by atoms with Gasteiger partial charge in [-0.05, 0) is 43.9 Å². The maximum atomic E-state index is 13.6. The van der Waals surface area contributed by atoms with Crippen LogP contribution in [-0.2, 0) is 11.2 Å². The molecule has 3 rings (SSSR count). The van der Waals surface area contributed by atoms with E-state index in [-0.39, 0.29) is 17.5 Å². The normalized spacial score (nSPS) is 16.1. The van der Waals surface area contributed by atoms with Crippen molar-refractivity contribution in [1.82, 2.24) is 15.3 Å². The summed E-state index contributed by atoms with van der Waals surface area (Å²) in [5, 5.41) is 15.2. The molecule has 158 valence electrons. The van der Waals surface area contributed by atoms with Crippen molar-refractivity contribution in [3.05, 3.63) is 41.3 Å². The second-order valence-electron chi connectivity index (χ2n) is 7.56. The summed E-state index contributed by atoms with van der Waals surface area (Å²) in [5.41, 5.74) is 1.45. The minimum absolute atomic E-state index is 0.0277. The number of halogens is 1. The van der Waals surface area contributed by atoms with Crippen LogP contribution in [0.3, 0.4) is 0 Å². The molecule has 2 N–H and O–H groups in total. The Morgan fingerprint density at radius 3 is 2.93 bits per heavy atom. The Bertz CT molecular complexity index is 942. The molecule has 0 bridgehead atoms. The molecule has 2 heterocycles. The quantitative estimate of drug-likeness (QED) is 0.723. The first-order chi connectivity index (χ1) is 14.5. The highest BCUT2D eigenvalue weighted by Gasteiger charge is 2.22. The third-order valence-electron chi connectivity index (χ3n) is 5.05. The molecule has 1 fully saturated rings. The van der Waals surface area contributed by atoms with Crippen LogP contribution < -0.4 is 15.5 Å². The molecule has 1 aromatic carbocycles. The van der Waals surface area contributed by atoms with Crippen LogP contribution in [0.1, 0.15) is 50.8 Å². The van der Waals surface area contributed by atoms with Crippen molar-refractivity contribution >= 4 is 23.4 Å². The molecule has 0 radical (unpaired) electrons. The topological polar surface area (TPSA) is 93.9 Å². The molecule has 7 nitrogen and oxygen atoms in total. The maximum absolute atomic E-state index is 13.6. The Kier molecular flexibility index (Phi) is 7.17. The number of nitriles is 1. The number of hydrogen-bond donors (Lipinski definition) is 2. The van der Waals surface area contributed by atoms with Crippen molar-refractivity contribution in [3.63, 3.8) is 0 Å². The van der Waals surface area contributed by atoms with Crippen LogP contribution in [0.5, 0.6) is 0 Å². The lowest BCUT2D eigenvalue weighted by Gasteiger charge is -2.34. The van der Waals surface area contributed by atoms with E-state index in [9.17, 15) is 9.18 Å². The number of rotatable bonds is 7. The minimum Gasteiger partial charge on any atom is -0.354 e. The summed E-state index contributed by atoms with van der Waals surface area (Å²) in [6.45, 7) is 5.21. The van der Waals surface area contributed by atoms with Crippen molar-refractivity contribution < 1.29 is 9.18 Å². The number of unbranched alkanes of at least 4 members (excludes halogenated alkanes) is 1. The zero-order valence-corrected chi connectivity index (χ0v) is 17.4. The van der Waals surface area contributed by atoms with Crippen LogP contribution in [0, 0.1) is 17.1 Å². The van der Waals surface area contributed by atoms with Gasteiger partial charge >= 0.3 is 0 Å². The lowest BCUT2D eigenvalue weighted by atomic mass is 10.1. The van der Waals surface area contributed by atoms with Crippen LogP contribution in [0.25, 0.3) is 0 Å². The van der Waals surface area contributed by atoms with Crippen molar-refractivity contribution in [2.75, 3.05) is 23.3 Å². The van der Waals surface area contributed by atoms with Gasteiger partial charge in [0.05, 0.1) is 5.56 Å². The number of carbonyl (C=O) groups is 1. The number of nitrogens with zero attached hydrogens (tertiary/aromatic N) is 4. The average molecular weight is 410 g/mol. The molecule has 2 aromatic rings. The zero-order chi connectivity index (χ0) is 21.5. The predicted octanol–water partition coefficient (Wildman–Crippen LogP) is 3.68. The van der Waals surface area contributed by atoms with Crippen molar-refractivity contribution in [1.29, 1.82) is 5.26 Å². The molecule has 1 atom stereocenters. The summed E-state index contributed by atoms with van der Waals surface area (Å²) in [4.78, 5) is 22.9. The number of nitrogens with one attached hydrogen (secondary N) is 2. The number of hydrogen-bond acceptors (Lipinski definition) is 6. The number of aryl methyl sites for hydroxylation is 1. The van der Waals surface area contributed by atoms with E-state index >= 15 is 0 Å². The summed E-state index contributed by atoms with van der Waals surface area (Å²) in [5.74, 6) is 0.630. The van der Waals surface area contributed by atoms with Crippen LogP contribution in [-0.4, -0.2) is 35.0 Å². The molecule has 1 unspecified atom stereocenters. The highest BCUT2D eigenvalue weighted by molar-refractivity contribution is 5.73. The highest BCUT2D eigenvalue weighted by Crippen LogP contribution is 2.23. The monoisotopic (exact) mass is 410 g/mol. The van der Waals surface area contributed by atoms with Crippen molar-refractivity contribution in [2.24, 2.45) is 0 Å². The molecule has 1 aromatic heterocycles. The summed E-state index contributed by atoms with van der Waals surface area (Å²) in [7, 11) is 0. The molecule has 1 aliphatic heterocycles. The summed E-state index contributed by atoms with van der Waals surface area (Å²) < 4.78 is 13.6. The highest BCUT2D eigenvalue weighted by atomic mass is 19.1. The van der Waals surface area contributed by atoms with E-state index < -0.39 is 5.82 Å². The lowest BCUT2D eigenvalue weighted by Crippen LogP contribution is -2.47. The number of piperidine rings is 1. The second-order valence-corrected chi connectivity index (χ2v) is 7.56. The van der Waals surface area contributed by atoms with Gasteiger partial charge in [0.2, 0.25) is 11.9 Å². The van der Waals surface area contributed by atoms with Gasteiger partial charge in [0.1, 0.15) is 17.7 Å². The fourth-order valence-electron chi connectivity index (χ4n) is 3.60. The number of aromatic nitrogens is 2. The molecule has 0 spiro atoms. The smallest absolute Gasteiger partial charge is 0.229 e. The van der Waals surface area contributed by atoms with Gasteiger partial charge in [0.25, 0.3) is 0 Å². The Hall–Kier alpha value is -3.21. The third-order valence-corrected chi connectivity index (χ3v) is 5.05. The van der Waals surface area contributed by atoms with Crippen LogP contribution >= 0.6 is 0 Å². The minimum atomic E-state index is -0.557. The fraction of sp³-hybridized carbons (Fsp3) is 0.455. The maximum Gasteiger partial charge on any atom is 0.229 e. The molecule has 8 heteroatoms. The standard InChI is InChI=1S/C22H27FN6O/c1-3-4-6-17-12-21(29-10-5-7-19(14-29)25-15(2)30)28-22(26-17)27-18-8-9-20(23)16(11-18)13-24/h8-9,11-12,19H,3-7,10,14H2,1-2H3,(H,25,30)(H,26,27,28). The van der Waals surface area contributed by atoms with Gasteiger partial charge in [-0.3, -0.25) is 4.79 Å². The SMILES string of the molecule is CCCCc1cc(N2CCCC(NC(C)=O)C2)nc(Nc2ccc(F)c(C#N)c2)n1. The Morgan fingerprint density at radius 2 is 2.20 bits per heavy atom. The van der Waals surface area contributed by atoms with Gasteiger partial charge in [0, 0.05) is 43.5 Å². The second kappa shape index (κ2) is 10.0. The van der Waals surface area contributed by atoms with E-state index in [2.05, 4.69) is 32.4 Å². The molecule has 1 amide bonds. The molecule has 0 saturated carbocycles. The first kappa shape index (κ1) is 21.5. The molecule has 30 heavy (non-hydrogen) atoms. The van der Waals surface area contributed by atoms with Gasteiger partial charge in [-0.25, -0.2) is 9.37 Å². The molecule has 1 saturated heterocycles. The fourth-order valence-corrected chi connectivity index (χ4v) is 3.60. The largest absolute Gasteiger partial charge is 0.354 e. The predicted molar refractivity (Wildman–Crippen MR) is 114 cm³/mol. The molecular weight excluding hydrogens is 383 g/mol. The van der Waals surface area contributed by atoms with Gasteiger partial charge in [-0.1, -0.05) is 13.3 Å². The Balaban J connectivity index is 1.86. The first-order valence-electron chi connectivity index (χ1n) is 10.3. The zero-order valence-electron chi connectivity index (χ0n) is 17.4. The van der Waals surface area contributed by atoms with E-state index in [0.29, 0.717) is 18.2 Å². The summed E-state index contributed by atoms with van der Waals surface area (Å²) in [6, 6.07) is 8.21. The van der Waals surface area contributed by atoms with E-state index in [1.54, 1.807) is 6.07 Å². The van der Waals surface area contributed by atoms with Gasteiger partial charge in [-0.15, -0.1) is 0 Å². The van der Waals surface area contributed by atoms with E-state index in [1.807, 2.05) is 12.1 Å². The Labute approximate surface area is 176 Å². The van der Waals surface area contributed by atoms with Crippen molar-refractivity contribution in [3.8, 4) is 6.07 Å². The summed E-state index contributed by atoms with van der Waals surface area (Å²) in [6.07, 6.45) is 4.81. The van der Waals surface area contributed by atoms with E-state index in [0.717, 1.165) is 50.2 Å². The average Bonchev–Trinajstić information content (AvgIpc) is 2.73. The van der Waals surface area contributed by atoms with Crippen molar-refractivity contribution in [2.45, 2.75) is 52.0 Å². The number of anilines is 3. The van der Waals surface area contributed by atoms with Crippen LogP contribution in [0.15, 0.2) is 24.3 Å². The van der Waals surface area contributed by atoms with Gasteiger partial charge < -0.3 is 15.5 Å². The molecular formula is C22H27FN6O. The number of amides is 1. The first-order valence-corrected chi connectivity index (χ1v) is 10.3. The summed E-state index contributed by atoms with van der Waals surface area (Å²) >= 11 is 0. The number of benzene rings is 1. The third kappa shape index (κ3) is 5.66. The number of carbonyl (C=O) groups excluding carboxylic acids is 1. The molecule has 0 aliphatic carbocycles. The van der Waals surface area contributed by atoms with E-state index in [1.165, 1.54) is 19.1 Å². The van der Waals surface area contributed by atoms with Crippen LogP contribution in [0.2, 0.25) is 0 Å². The molecule has 1 aliphatic rings. The van der Waals surface area contributed by atoms with E-state index in [4.69, 9.17) is 5.26 Å². The van der Waals surface area contributed by atoms with Crippen LogP contribution in [0.4, 0.5) is 21.8 Å². The Morgan fingerprint density at radius 1 is 1.37 bits per heavy atom. The van der Waals surface area contributed by atoms with Gasteiger partial charge in [0.15, 0.2) is 0 Å². The lowest BCUT2D eigenvalue weighted by molar-refractivity contribution is -0.119.